The molecule has 1 unspecified atom stereocenters. The van der Waals surface area contributed by atoms with E-state index in [-0.39, 0.29) is 11.8 Å². The van der Waals surface area contributed by atoms with Gasteiger partial charge in [-0.1, -0.05) is 6.07 Å². The number of hydrogen-bond acceptors (Lipinski definition) is 3. The number of rotatable bonds is 5. The molecule has 0 saturated heterocycles. The van der Waals surface area contributed by atoms with Gasteiger partial charge in [-0.05, 0) is 24.6 Å². The fourth-order valence-electron chi connectivity index (χ4n) is 1.38. The summed E-state index contributed by atoms with van der Waals surface area (Å²) in [5.74, 6) is 0.0813. The first kappa shape index (κ1) is 13.8. The van der Waals surface area contributed by atoms with Crippen LogP contribution in [-0.2, 0) is 4.79 Å². The second-order valence-electron chi connectivity index (χ2n) is 3.90. The molecule has 1 atom stereocenters. The van der Waals surface area contributed by atoms with Gasteiger partial charge < -0.3 is 15.7 Å². The Morgan fingerprint density at radius 2 is 2.24 bits per heavy atom. The minimum absolute atomic E-state index is 0.111. The van der Waals surface area contributed by atoms with Crippen molar-refractivity contribution in [2.24, 2.45) is 0 Å². The number of benzene rings is 1. The van der Waals surface area contributed by atoms with Gasteiger partial charge in [0.25, 0.3) is 0 Å². The van der Waals surface area contributed by atoms with E-state index >= 15 is 0 Å². The second kappa shape index (κ2) is 6.47. The van der Waals surface area contributed by atoms with Gasteiger partial charge in [-0.3, -0.25) is 4.79 Å². The Bertz CT molecular complexity index is 396. The van der Waals surface area contributed by atoms with E-state index < -0.39 is 6.10 Å². The molecule has 0 radical (unpaired) electrons. The Hall–Kier alpha value is -1.26. The summed E-state index contributed by atoms with van der Waals surface area (Å²) in [4.78, 5) is 10.9. The fraction of sp³-hybridized carbons (Fsp3) is 0.417. The van der Waals surface area contributed by atoms with Crippen LogP contribution in [0.5, 0.6) is 0 Å². The SMILES string of the molecule is CC(=O)Nc1ccc(C)c(NCC(O)CCl)c1. The maximum absolute atomic E-state index is 10.9. The summed E-state index contributed by atoms with van der Waals surface area (Å²) in [5.41, 5.74) is 2.65. The number of nitrogens with one attached hydrogen (secondary N) is 2. The van der Waals surface area contributed by atoms with Crippen LogP contribution in [0.2, 0.25) is 0 Å². The molecule has 0 fully saturated rings. The third kappa shape index (κ3) is 4.63. The van der Waals surface area contributed by atoms with E-state index in [0.29, 0.717) is 6.54 Å². The number of hydrogen-bond donors (Lipinski definition) is 3. The lowest BCUT2D eigenvalue weighted by Crippen LogP contribution is -2.21. The van der Waals surface area contributed by atoms with Crippen LogP contribution in [0.1, 0.15) is 12.5 Å². The van der Waals surface area contributed by atoms with Gasteiger partial charge in [0.05, 0.1) is 12.0 Å². The van der Waals surface area contributed by atoms with Crippen molar-refractivity contribution >= 4 is 28.9 Å². The zero-order valence-electron chi connectivity index (χ0n) is 9.96. The molecule has 0 aromatic heterocycles. The third-order valence-corrected chi connectivity index (χ3v) is 2.62. The first-order valence-corrected chi connectivity index (χ1v) is 5.92. The number of carbonyl (C=O) groups excluding carboxylic acids is 1. The van der Waals surface area contributed by atoms with Crippen molar-refractivity contribution in [1.29, 1.82) is 0 Å². The smallest absolute Gasteiger partial charge is 0.221 e. The molecule has 0 heterocycles. The van der Waals surface area contributed by atoms with Crippen LogP contribution in [0.15, 0.2) is 18.2 Å². The molecule has 0 spiro atoms. The number of amides is 1. The lowest BCUT2D eigenvalue weighted by molar-refractivity contribution is -0.114. The monoisotopic (exact) mass is 256 g/mol. The first-order chi connectivity index (χ1) is 8.02. The van der Waals surface area contributed by atoms with Crippen molar-refractivity contribution in [2.45, 2.75) is 20.0 Å². The molecule has 0 saturated carbocycles. The summed E-state index contributed by atoms with van der Waals surface area (Å²) >= 11 is 5.51. The van der Waals surface area contributed by atoms with E-state index in [2.05, 4.69) is 10.6 Å². The lowest BCUT2D eigenvalue weighted by Gasteiger charge is -2.13. The fourth-order valence-corrected chi connectivity index (χ4v) is 1.48. The molecular formula is C12H17ClN2O2. The molecular weight excluding hydrogens is 240 g/mol. The Balaban J connectivity index is 2.72. The average molecular weight is 257 g/mol. The highest BCUT2D eigenvalue weighted by molar-refractivity contribution is 6.18. The highest BCUT2D eigenvalue weighted by Crippen LogP contribution is 2.20. The normalized spacial score (nSPS) is 12.0. The summed E-state index contributed by atoms with van der Waals surface area (Å²) in [6, 6.07) is 5.57. The van der Waals surface area contributed by atoms with Crippen molar-refractivity contribution < 1.29 is 9.90 Å². The Morgan fingerprint density at radius 1 is 1.53 bits per heavy atom. The molecule has 0 bridgehead atoms. The molecule has 1 aromatic rings. The summed E-state index contributed by atoms with van der Waals surface area (Å²) in [5, 5.41) is 15.2. The second-order valence-corrected chi connectivity index (χ2v) is 4.21. The highest BCUT2D eigenvalue weighted by Gasteiger charge is 2.05. The molecule has 0 aliphatic rings. The molecule has 1 amide bonds. The van der Waals surface area contributed by atoms with Crippen molar-refractivity contribution in [3.05, 3.63) is 23.8 Å². The van der Waals surface area contributed by atoms with Gasteiger partial charge >= 0.3 is 0 Å². The van der Waals surface area contributed by atoms with E-state index in [4.69, 9.17) is 11.6 Å². The summed E-state index contributed by atoms with van der Waals surface area (Å²) in [7, 11) is 0. The van der Waals surface area contributed by atoms with Crippen LogP contribution < -0.4 is 10.6 Å². The van der Waals surface area contributed by atoms with Gasteiger partial charge in [-0.2, -0.15) is 0 Å². The number of carbonyl (C=O) groups is 1. The van der Waals surface area contributed by atoms with Crippen LogP contribution in [-0.4, -0.2) is 29.5 Å². The zero-order chi connectivity index (χ0) is 12.8. The van der Waals surface area contributed by atoms with Gasteiger partial charge in [0, 0.05) is 24.8 Å². The Morgan fingerprint density at radius 3 is 2.82 bits per heavy atom. The number of aliphatic hydroxyl groups excluding tert-OH is 1. The number of alkyl halides is 1. The van der Waals surface area contributed by atoms with E-state index in [1.54, 1.807) is 0 Å². The van der Waals surface area contributed by atoms with Gasteiger partial charge in [0.2, 0.25) is 5.91 Å². The first-order valence-electron chi connectivity index (χ1n) is 5.39. The molecule has 5 heteroatoms. The third-order valence-electron chi connectivity index (χ3n) is 2.26. The average Bonchev–Trinajstić information content (AvgIpc) is 2.28. The largest absolute Gasteiger partial charge is 0.390 e. The molecule has 17 heavy (non-hydrogen) atoms. The topological polar surface area (TPSA) is 61.4 Å². The van der Waals surface area contributed by atoms with Crippen LogP contribution in [0.4, 0.5) is 11.4 Å². The van der Waals surface area contributed by atoms with Crippen molar-refractivity contribution in [2.75, 3.05) is 23.1 Å². The van der Waals surface area contributed by atoms with Gasteiger partial charge in [0.1, 0.15) is 0 Å². The van der Waals surface area contributed by atoms with E-state index in [0.717, 1.165) is 16.9 Å². The maximum Gasteiger partial charge on any atom is 0.221 e. The highest BCUT2D eigenvalue weighted by atomic mass is 35.5. The standard InChI is InChI=1S/C12H17ClN2O2/c1-8-3-4-10(15-9(2)16)5-12(8)14-7-11(17)6-13/h3-5,11,14,17H,6-7H2,1-2H3,(H,15,16). The Kier molecular flexibility index (Phi) is 5.25. The number of aryl methyl sites for hydroxylation is 1. The minimum Gasteiger partial charge on any atom is -0.390 e. The maximum atomic E-state index is 10.9. The molecule has 1 rings (SSSR count). The number of aliphatic hydroxyl groups is 1. The van der Waals surface area contributed by atoms with Crippen molar-refractivity contribution in [3.8, 4) is 0 Å². The van der Waals surface area contributed by atoms with E-state index in [1.807, 2.05) is 25.1 Å². The summed E-state index contributed by atoms with van der Waals surface area (Å²) < 4.78 is 0. The molecule has 94 valence electrons. The predicted molar refractivity (Wildman–Crippen MR) is 70.7 cm³/mol. The minimum atomic E-state index is -0.583. The zero-order valence-corrected chi connectivity index (χ0v) is 10.7. The van der Waals surface area contributed by atoms with Gasteiger partial charge in [0.15, 0.2) is 0 Å². The number of halogens is 1. The van der Waals surface area contributed by atoms with E-state index in [9.17, 15) is 9.90 Å². The molecule has 3 N–H and O–H groups in total. The summed E-state index contributed by atoms with van der Waals surface area (Å²) in [6.45, 7) is 3.80. The lowest BCUT2D eigenvalue weighted by atomic mass is 10.1. The molecule has 1 aromatic carbocycles. The van der Waals surface area contributed by atoms with E-state index in [1.165, 1.54) is 6.92 Å². The number of anilines is 2. The Labute approximate surface area is 106 Å². The van der Waals surface area contributed by atoms with Crippen LogP contribution >= 0.6 is 11.6 Å². The van der Waals surface area contributed by atoms with Gasteiger partial charge in [-0.15, -0.1) is 11.6 Å². The van der Waals surface area contributed by atoms with Crippen molar-refractivity contribution in [3.63, 3.8) is 0 Å². The molecule has 4 nitrogen and oxygen atoms in total. The van der Waals surface area contributed by atoms with Crippen LogP contribution in [0.3, 0.4) is 0 Å². The van der Waals surface area contributed by atoms with Crippen LogP contribution in [0.25, 0.3) is 0 Å². The summed E-state index contributed by atoms with van der Waals surface area (Å²) in [6.07, 6.45) is -0.583. The van der Waals surface area contributed by atoms with Crippen molar-refractivity contribution in [1.82, 2.24) is 0 Å². The quantitative estimate of drug-likeness (QED) is 0.706. The molecule has 0 aliphatic carbocycles. The van der Waals surface area contributed by atoms with Crippen LogP contribution in [0, 0.1) is 6.92 Å². The predicted octanol–water partition coefficient (Wildman–Crippen LogP) is 1.97. The molecule has 0 aliphatic heterocycles. The van der Waals surface area contributed by atoms with Gasteiger partial charge in [-0.25, -0.2) is 0 Å².